The molecule has 8 nitrogen and oxygen atoms in total. The highest BCUT2D eigenvalue weighted by atomic mass is 35.5. The zero-order valence-corrected chi connectivity index (χ0v) is 28.7. The monoisotopic (exact) mass is 670 g/mol. The summed E-state index contributed by atoms with van der Waals surface area (Å²) in [5.74, 6) is 1.24. The molecule has 1 saturated heterocycles. The van der Waals surface area contributed by atoms with Crippen LogP contribution in [0.15, 0.2) is 58.2 Å². The summed E-state index contributed by atoms with van der Waals surface area (Å²) >= 11 is 6.47. The van der Waals surface area contributed by atoms with Crippen LogP contribution < -0.4 is 0 Å². The maximum absolute atomic E-state index is 13.3. The SMILES string of the molecule is C[C@H]1C/C=C/[C@@](O)(CCN2CCOCC2)[C@@H]2CC[C@H]2CN2Cc3ccc(Cl)cc3CCCCOC3=CC=C(CC32)C(=O)N=[S-](=O)C1. The van der Waals surface area contributed by atoms with Crippen LogP contribution in [-0.4, -0.2) is 84.2 Å². The Balaban J connectivity index is 1.36. The molecule has 10 heteroatoms. The largest absolute Gasteiger partial charge is 0.496 e. The van der Waals surface area contributed by atoms with Gasteiger partial charge in [-0.25, -0.2) is 0 Å². The Hall–Kier alpha value is -2.01. The zero-order chi connectivity index (χ0) is 32.1. The number of carbonyl (C=O) groups is 1. The van der Waals surface area contributed by atoms with E-state index in [1.807, 2.05) is 31.2 Å². The fourth-order valence-electron chi connectivity index (χ4n) is 7.70. The van der Waals surface area contributed by atoms with Crippen LogP contribution in [0, 0.1) is 17.8 Å². The van der Waals surface area contributed by atoms with Gasteiger partial charge in [-0.15, -0.1) is 0 Å². The van der Waals surface area contributed by atoms with Crippen LogP contribution in [0.25, 0.3) is 0 Å². The van der Waals surface area contributed by atoms with Gasteiger partial charge in [0.25, 0.3) is 0 Å². The standard InChI is InChI=1S/C36H49ClN3O5S/c1-26-5-4-13-36(42,14-15-39-16-19-44-20-17-39)32-11-8-30(32)24-40-23-29-7-10-31(37)21-27(29)6-2-3-18-45-34-12-9-28(22-33(34)40)35(41)38-46(43)25-26/h4,7,9-10,12-13,21,26,30,32-33,42H,2-3,5-6,8,11,14-20,22-25H2,1H3/q-1/b13-4+/t26-,30-,32+,33?,36+/m0/s1. The van der Waals surface area contributed by atoms with Crippen molar-refractivity contribution in [3.8, 4) is 0 Å². The number of amides is 1. The molecule has 5 aliphatic rings. The smallest absolute Gasteiger partial charge is 0.249 e. The number of morpholine rings is 1. The summed E-state index contributed by atoms with van der Waals surface area (Å²) in [6, 6.07) is 6.04. The topological polar surface area (TPSA) is 91.7 Å². The molecule has 1 amide bonds. The van der Waals surface area contributed by atoms with Gasteiger partial charge in [-0.3, -0.25) is 14.6 Å². The van der Waals surface area contributed by atoms with E-state index >= 15 is 0 Å². The molecular formula is C36H49ClN3O5S-. The predicted octanol–water partition coefficient (Wildman–Crippen LogP) is 5.83. The van der Waals surface area contributed by atoms with Gasteiger partial charge in [0.2, 0.25) is 5.91 Å². The molecule has 0 aromatic heterocycles. The van der Waals surface area contributed by atoms with Gasteiger partial charge in [0.05, 0.1) is 31.5 Å². The number of aliphatic hydroxyl groups is 1. The number of nitrogens with zero attached hydrogens (tertiary/aromatic N) is 3. The van der Waals surface area contributed by atoms with Crippen LogP contribution in [0.2, 0.25) is 5.02 Å². The van der Waals surface area contributed by atoms with Crippen molar-refractivity contribution in [2.24, 2.45) is 22.1 Å². The van der Waals surface area contributed by atoms with E-state index in [2.05, 4.69) is 32.4 Å². The van der Waals surface area contributed by atoms with E-state index < -0.39 is 22.1 Å². The summed E-state index contributed by atoms with van der Waals surface area (Å²) in [6.07, 6.45) is 14.5. The number of rotatable bonds is 3. The van der Waals surface area contributed by atoms with Crippen LogP contribution in [0.3, 0.4) is 0 Å². The van der Waals surface area contributed by atoms with Crippen LogP contribution in [-0.2, 0) is 42.0 Å². The number of carbonyl (C=O) groups excluding carboxylic acids is 1. The number of hydrogen-bond donors (Lipinski definition) is 1. The lowest BCUT2D eigenvalue weighted by Crippen LogP contribution is -2.53. The predicted molar refractivity (Wildman–Crippen MR) is 182 cm³/mol. The maximum atomic E-state index is 13.3. The average molecular weight is 671 g/mol. The van der Waals surface area contributed by atoms with Gasteiger partial charge in [0, 0.05) is 49.7 Å². The third-order valence-corrected chi connectivity index (χ3v) is 12.0. The second kappa shape index (κ2) is 15.5. The fourth-order valence-corrected chi connectivity index (χ4v) is 8.89. The summed E-state index contributed by atoms with van der Waals surface area (Å²) in [5, 5.41) is 13.2. The number of allylic oxidation sites excluding steroid dienone is 3. The van der Waals surface area contributed by atoms with Crippen molar-refractivity contribution >= 4 is 28.1 Å². The number of fused-ring (bicyclic) bond motifs is 3. The van der Waals surface area contributed by atoms with Crippen LogP contribution >= 0.6 is 11.6 Å². The van der Waals surface area contributed by atoms with Crippen molar-refractivity contribution in [2.45, 2.75) is 76.5 Å². The van der Waals surface area contributed by atoms with Crippen LogP contribution in [0.1, 0.15) is 63.0 Å². The summed E-state index contributed by atoms with van der Waals surface area (Å²) in [7, 11) is -1.63. The van der Waals surface area contributed by atoms with E-state index in [0.29, 0.717) is 43.7 Å². The molecular weight excluding hydrogens is 622 g/mol. The van der Waals surface area contributed by atoms with E-state index in [1.165, 1.54) is 11.1 Å². The number of halogens is 1. The molecule has 2 bridgehead atoms. The van der Waals surface area contributed by atoms with Crippen molar-refractivity contribution in [1.29, 1.82) is 0 Å². The van der Waals surface area contributed by atoms with E-state index in [1.54, 1.807) is 0 Å². The minimum Gasteiger partial charge on any atom is -0.496 e. The first-order chi connectivity index (χ1) is 22.3. The Kier molecular flexibility index (Phi) is 11.4. The van der Waals surface area contributed by atoms with Crippen molar-refractivity contribution < 1.29 is 23.6 Å². The summed E-state index contributed by atoms with van der Waals surface area (Å²) in [6.45, 7) is 8.17. The van der Waals surface area contributed by atoms with Gasteiger partial charge in [-0.05, 0) is 86.1 Å². The highest BCUT2D eigenvalue weighted by molar-refractivity contribution is 7.75. The quantitative estimate of drug-likeness (QED) is 0.320. The van der Waals surface area contributed by atoms with Crippen LogP contribution in [0.5, 0.6) is 0 Å². The molecule has 6 rings (SSSR count). The van der Waals surface area contributed by atoms with Crippen molar-refractivity contribution in [3.63, 3.8) is 0 Å². The normalized spacial score (nSPS) is 33.1. The molecule has 46 heavy (non-hydrogen) atoms. The van der Waals surface area contributed by atoms with Crippen molar-refractivity contribution in [1.82, 2.24) is 9.80 Å². The fraction of sp³-hybridized carbons (Fsp3) is 0.639. The Morgan fingerprint density at radius 2 is 1.98 bits per heavy atom. The summed E-state index contributed by atoms with van der Waals surface area (Å²) < 4.78 is 29.1. The highest BCUT2D eigenvalue weighted by Gasteiger charge is 2.46. The van der Waals surface area contributed by atoms with Gasteiger partial charge in [-0.1, -0.05) is 54.5 Å². The highest BCUT2D eigenvalue weighted by Crippen LogP contribution is 2.46. The first kappa shape index (κ1) is 33.9. The molecule has 252 valence electrons. The Morgan fingerprint density at radius 1 is 1.13 bits per heavy atom. The van der Waals surface area contributed by atoms with Gasteiger partial charge in [0.15, 0.2) is 0 Å². The minimum absolute atomic E-state index is 0.0637. The van der Waals surface area contributed by atoms with Crippen molar-refractivity contribution in [2.75, 3.05) is 51.8 Å². The molecule has 1 aromatic rings. The molecule has 0 radical (unpaired) electrons. The van der Waals surface area contributed by atoms with E-state index in [4.69, 9.17) is 21.1 Å². The number of benzene rings is 1. The van der Waals surface area contributed by atoms with Gasteiger partial charge < -0.3 is 23.2 Å². The molecule has 1 unspecified atom stereocenters. The zero-order valence-electron chi connectivity index (χ0n) is 27.1. The third kappa shape index (κ3) is 8.34. The van der Waals surface area contributed by atoms with Gasteiger partial charge in [0.1, 0.15) is 5.76 Å². The molecule has 0 spiro atoms. The number of aryl methyl sites for hydroxylation is 1. The van der Waals surface area contributed by atoms with Gasteiger partial charge >= 0.3 is 0 Å². The Bertz CT molecular complexity index is 1430. The van der Waals surface area contributed by atoms with Crippen LogP contribution in [0.4, 0.5) is 0 Å². The van der Waals surface area contributed by atoms with Gasteiger partial charge in [-0.2, -0.15) is 10.6 Å². The molecule has 1 N–H and O–H groups in total. The lowest BCUT2D eigenvalue weighted by atomic mass is 9.63. The van der Waals surface area contributed by atoms with E-state index in [0.717, 1.165) is 82.3 Å². The van der Waals surface area contributed by atoms with E-state index in [-0.39, 0.29) is 23.8 Å². The lowest BCUT2D eigenvalue weighted by molar-refractivity contribution is -0.114. The number of hydrogen-bond acceptors (Lipinski definition) is 8. The molecule has 2 fully saturated rings. The Labute approximate surface area is 281 Å². The summed E-state index contributed by atoms with van der Waals surface area (Å²) in [5.41, 5.74) is 2.11. The molecule has 2 aliphatic carbocycles. The molecule has 1 saturated carbocycles. The first-order valence-electron chi connectivity index (χ1n) is 17.2. The number of ether oxygens (including phenoxy) is 2. The lowest BCUT2D eigenvalue weighted by Gasteiger charge is -2.49. The molecule has 1 aromatic carbocycles. The minimum atomic E-state index is -1.63. The Morgan fingerprint density at radius 3 is 2.78 bits per heavy atom. The molecule has 5 atom stereocenters. The second-order valence-corrected chi connectivity index (χ2v) is 15.5. The third-order valence-electron chi connectivity index (χ3n) is 10.6. The first-order valence-corrected chi connectivity index (χ1v) is 18.8. The van der Waals surface area contributed by atoms with E-state index in [9.17, 15) is 14.1 Å². The average Bonchev–Trinajstić information content (AvgIpc) is 3.05. The second-order valence-electron chi connectivity index (χ2n) is 13.9. The molecule has 3 heterocycles. The summed E-state index contributed by atoms with van der Waals surface area (Å²) in [4.78, 5) is 18.2. The maximum Gasteiger partial charge on any atom is 0.249 e. The van der Waals surface area contributed by atoms with Crippen molar-refractivity contribution in [3.05, 3.63) is 70.0 Å². The molecule has 3 aliphatic heterocycles.